The molecule has 1 amide bonds. The lowest BCUT2D eigenvalue weighted by Gasteiger charge is -2.16. The summed E-state index contributed by atoms with van der Waals surface area (Å²) in [4.78, 5) is 21.2. The van der Waals surface area contributed by atoms with Crippen molar-refractivity contribution in [3.05, 3.63) is 57.0 Å². The van der Waals surface area contributed by atoms with Gasteiger partial charge in [-0.1, -0.05) is 19.1 Å². The molecule has 3 heterocycles. The second kappa shape index (κ2) is 8.75. The van der Waals surface area contributed by atoms with Crippen LogP contribution in [0.2, 0.25) is 0 Å². The number of halogens is 4. The summed E-state index contributed by atoms with van der Waals surface area (Å²) in [6.07, 6.45) is 3.71. The molecule has 2 aromatic heterocycles. The molecule has 11 heteroatoms. The number of alkyl halides is 1. The molecule has 0 bridgehead atoms. The normalized spacial score (nSPS) is 15.7. The Labute approximate surface area is 198 Å². The molecule has 0 fully saturated rings. The van der Waals surface area contributed by atoms with E-state index in [2.05, 4.69) is 20.4 Å². The molecule has 3 aromatic rings. The molecule has 3 N–H and O–H groups in total. The van der Waals surface area contributed by atoms with Gasteiger partial charge < -0.3 is 11.1 Å². The minimum absolute atomic E-state index is 0.0598. The van der Waals surface area contributed by atoms with E-state index in [0.717, 1.165) is 12.1 Å². The number of nitrogens with zero attached hydrogens (tertiary/aromatic N) is 4. The number of carbonyl (C=O) groups is 1. The number of nitrogens with two attached hydrogens (primary N) is 1. The van der Waals surface area contributed by atoms with Gasteiger partial charge in [-0.25, -0.2) is 13.2 Å². The Morgan fingerprint density at radius 2 is 1.88 bits per heavy atom. The van der Waals surface area contributed by atoms with E-state index in [1.165, 1.54) is 4.68 Å². The van der Waals surface area contributed by atoms with Crippen LogP contribution in [0.3, 0.4) is 0 Å². The second-order valence-corrected chi connectivity index (χ2v) is 8.65. The molecule has 0 aliphatic carbocycles. The molecule has 0 radical (unpaired) electrons. The van der Waals surface area contributed by atoms with Crippen molar-refractivity contribution in [3.63, 3.8) is 0 Å². The number of rotatable bonds is 5. The van der Waals surface area contributed by atoms with Gasteiger partial charge in [0.2, 0.25) is 5.91 Å². The summed E-state index contributed by atoms with van der Waals surface area (Å²) in [5.41, 5.74) is 5.55. The molecule has 34 heavy (non-hydrogen) atoms. The van der Waals surface area contributed by atoms with Crippen LogP contribution in [-0.4, -0.2) is 31.5 Å². The number of nitrogen functional groups attached to an aromatic ring is 1. The topological polar surface area (TPSA) is 98.7 Å². The van der Waals surface area contributed by atoms with Crippen molar-refractivity contribution in [2.45, 2.75) is 39.0 Å². The monoisotopic (exact) mass is 490 g/mol. The van der Waals surface area contributed by atoms with Gasteiger partial charge >= 0.3 is 0 Å². The zero-order valence-corrected chi connectivity index (χ0v) is 19.5. The average molecular weight is 491 g/mol. The van der Waals surface area contributed by atoms with E-state index in [4.69, 9.17) is 17.3 Å². The second-order valence-electron chi connectivity index (χ2n) is 8.34. The Morgan fingerprint density at radius 1 is 1.18 bits per heavy atom. The van der Waals surface area contributed by atoms with Crippen molar-refractivity contribution >= 4 is 41.3 Å². The minimum atomic E-state index is -1.28. The third-order valence-electron chi connectivity index (χ3n) is 5.74. The Kier molecular flexibility index (Phi) is 6.11. The van der Waals surface area contributed by atoms with Crippen LogP contribution in [-0.2, 0) is 16.6 Å². The van der Waals surface area contributed by atoms with Crippen molar-refractivity contribution < 1.29 is 18.0 Å². The first-order valence-electron chi connectivity index (χ1n) is 10.6. The number of amides is 1. The predicted octanol–water partition coefficient (Wildman–Crippen LogP) is 2.69. The van der Waals surface area contributed by atoms with E-state index in [1.54, 1.807) is 19.9 Å². The van der Waals surface area contributed by atoms with Crippen molar-refractivity contribution in [2.24, 2.45) is 0 Å². The Bertz CT molecular complexity index is 1430. The van der Waals surface area contributed by atoms with Crippen molar-refractivity contribution in [2.75, 3.05) is 16.9 Å². The van der Waals surface area contributed by atoms with Gasteiger partial charge in [0.15, 0.2) is 11.6 Å². The lowest BCUT2D eigenvalue weighted by molar-refractivity contribution is -0.119. The van der Waals surface area contributed by atoms with Crippen LogP contribution < -0.4 is 21.6 Å². The molecular formula is C23H22ClF3N6O. The van der Waals surface area contributed by atoms with Crippen LogP contribution in [0.4, 0.5) is 24.8 Å². The number of anilines is 2. The third-order valence-corrected chi connectivity index (χ3v) is 5.89. The molecule has 1 aromatic carbocycles. The number of hydrogen-bond donors (Lipinski definition) is 2. The van der Waals surface area contributed by atoms with Crippen LogP contribution in [0, 0.1) is 17.5 Å². The molecule has 4 rings (SSSR count). The first-order valence-corrected chi connectivity index (χ1v) is 11.1. The number of benzene rings is 1. The summed E-state index contributed by atoms with van der Waals surface area (Å²) in [7, 11) is 0. The Balaban J connectivity index is 1.95. The molecule has 0 saturated heterocycles. The number of nitrogens with one attached hydrogen (secondary N) is 1. The van der Waals surface area contributed by atoms with E-state index < -0.39 is 28.4 Å². The van der Waals surface area contributed by atoms with Gasteiger partial charge in [0.1, 0.15) is 17.5 Å². The highest BCUT2D eigenvalue weighted by atomic mass is 35.5. The minimum Gasteiger partial charge on any atom is -0.383 e. The fraction of sp³-hybridized carbons (Fsp3) is 0.304. The summed E-state index contributed by atoms with van der Waals surface area (Å²) in [5.74, 6) is -3.08. The number of carbonyl (C=O) groups excluding carboxylic acids is 1. The van der Waals surface area contributed by atoms with E-state index in [-0.39, 0.29) is 41.5 Å². The lowest BCUT2D eigenvalue weighted by Crippen LogP contribution is -2.31. The third kappa shape index (κ3) is 3.81. The maximum absolute atomic E-state index is 14.4. The molecular weight excluding hydrogens is 469 g/mol. The highest BCUT2D eigenvalue weighted by molar-refractivity contribution is 6.20. The lowest BCUT2D eigenvalue weighted by atomic mass is 9.87. The van der Waals surface area contributed by atoms with Gasteiger partial charge in [-0.15, -0.1) is 11.6 Å². The summed E-state index contributed by atoms with van der Waals surface area (Å²) in [6, 6.07) is 1.59. The molecule has 0 unspecified atom stereocenters. The smallest absolute Gasteiger partial charge is 0.255 e. The summed E-state index contributed by atoms with van der Waals surface area (Å²) >= 11 is 5.96. The molecule has 178 valence electrons. The first kappa shape index (κ1) is 23.7. The standard InChI is InChI=1S/C23H22ClF3N6O/c1-4-5-16-11(8-9-24)15(10-12-13(25)6-7-14(26)18(12)27)32-33(16)22-29-19(28)17-20(31-22)30-21(34)23(17,2)3/h5-8H,4,9-10H2,1-3H3,(H3,28,29,30,31,34)/b11-8-,16-5+. The number of aromatic nitrogens is 4. The average Bonchev–Trinajstić information content (AvgIpc) is 3.22. The van der Waals surface area contributed by atoms with Crippen molar-refractivity contribution in [1.29, 1.82) is 0 Å². The molecule has 0 saturated carbocycles. The zero-order valence-electron chi connectivity index (χ0n) is 18.7. The highest BCUT2D eigenvalue weighted by Gasteiger charge is 2.42. The van der Waals surface area contributed by atoms with Crippen LogP contribution in [0.25, 0.3) is 18.1 Å². The van der Waals surface area contributed by atoms with Crippen molar-refractivity contribution in [1.82, 2.24) is 19.7 Å². The van der Waals surface area contributed by atoms with E-state index in [9.17, 15) is 18.0 Å². The molecule has 0 atom stereocenters. The number of hydrogen-bond acceptors (Lipinski definition) is 5. The van der Waals surface area contributed by atoms with Crippen LogP contribution in [0.1, 0.15) is 44.0 Å². The molecule has 1 aliphatic rings. The van der Waals surface area contributed by atoms with Gasteiger partial charge in [0, 0.05) is 23.1 Å². The fourth-order valence-corrected chi connectivity index (χ4v) is 4.16. The maximum Gasteiger partial charge on any atom is 0.255 e. The van der Waals surface area contributed by atoms with Gasteiger partial charge in [0.05, 0.1) is 22.0 Å². The summed E-state index contributed by atoms with van der Waals surface area (Å²) in [5, 5.41) is 8.23. The van der Waals surface area contributed by atoms with Gasteiger partial charge in [-0.3, -0.25) is 4.79 Å². The summed E-state index contributed by atoms with van der Waals surface area (Å²) in [6.45, 7) is 5.32. The van der Waals surface area contributed by atoms with Crippen molar-refractivity contribution in [3.8, 4) is 5.95 Å². The van der Waals surface area contributed by atoms with Gasteiger partial charge in [-0.2, -0.15) is 19.7 Å². The Morgan fingerprint density at radius 3 is 2.56 bits per heavy atom. The largest absolute Gasteiger partial charge is 0.383 e. The predicted molar refractivity (Wildman–Crippen MR) is 124 cm³/mol. The van der Waals surface area contributed by atoms with Crippen LogP contribution in [0.15, 0.2) is 12.1 Å². The van der Waals surface area contributed by atoms with E-state index in [1.807, 2.05) is 13.0 Å². The number of fused-ring (bicyclic) bond motifs is 1. The van der Waals surface area contributed by atoms with Gasteiger partial charge in [0.25, 0.3) is 5.95 Å². The molecule has 1 aliphatic heterocycles. The zero-order chi connectivity index (χ0) is 24.8. The van der Waals surface area contributed by atoms with E-state index in [0.29, 0.717) is 22.6 Å². The summed E-state index contributed by atoms with van der Waals surface area (Å²) < 4.78 is 43.9. The highest BCUT2D eigenvalue weighted by Crippen LogP contribution is 2.39. The molecule has 7 nitrogen and oxygen atoms in total. The van der Waals surface area contributed by atoms with Gasteiger partial charge in [-0.05, 0) is 32.4 Å². The van der Waals surface area contributed by atoms with Crippen LogP contribution in [0.5, 0.6) is 0 Å². The van der Waals surface area contributed by atoms with Crippen LogP contribution >= 0.6 is 11.6 Å². The first-order chi connectivity index (χ1) is 16.1. The fourth-order valence-electron chi connectivity index (χ4n) is 4.01. The van der Waals surface area contributed by atoms with E-state index >= 15 is 0 Å². The SMILES string of the molecule is CC/C=c1\c(=C/CCl)c(Cc2c(F)ccc(F)c2F)nn1-c1nc(N)c2c(n1)NC(=O)C2(C)C. The quantitative estimate of drug-likeness (QED) is 0.423. The Hall–Kier alpha value is -3.40. The maximum atomic E-state index is 14.4. The molecule has 0 spiro atoms.